The molecule has 0 saturated heterocycles. The van der Waals surface area contributed by atoms with Crippen LogP contribution in [-0.4, -0.2) is 15.9 Å². The summed E-state index contributed by atoms with van der Waals surface area (Å²) < 4.78 is 0. The first kappa shape index (κ1) is 16.4. The zero-order valence-electron chi connectivity index (χ0n) is 14.3. The van der Waals surface area contributed by atoms with E-state index >= 15 is 0 Å². The molecule has 0 aliphatic rings. The van der Waals surface area contributed by atoms with Crippen molar-refractivity contribution in [1.29, 1.82) is 0 Å². The standard InChI is InChI=1S/C21H17N3OS/c1-14-8-10-22-18-7-6-15(12-17(14)18)21(25)24-13-16-4-2-9-23-20(16)19-5-3-11-26-19/h2-12H,13H2,1H3,(H,24,25). The SMILES string of the molecule is Cc1ccnc2ccc(C(=O)NCc3cccnc3-c3cccs3)cc12. The Balaban J connectivity index is 1.56. The number of rotatable bonds is 4. The molecule has 4 nitrogen and oxygen atoms in total. The van der Waals surface area contributed by atoms with Crippen molar-refractivity contribution in [3.8, 4) is 10.6 Å². The minimum atomic E-state index is -0.101. The minimum absolute atomic E-state index is 0.101. The summed E-state index contributed by atoms with van der Waals surface area (Å²) >= 11 is 1.64. The number of carbonyl (C=O) groups excluding carboxylic acids is 1. The first-order chi connectivity index (χ1) is 12.7. The zero-order valence-corrected chi connectivity index (χ0v) is 15.1. The van der Waals surface area contributed by atoms with Crippen LogP contribution in [0.5, 0.6) is 0 Å². The lowest BCUT2D eigenvalue weighted by Gasteiger charge is -2.10. The number of aryl methyl sites for hydroxylation is 1. The molecule has 0 aliphatic carbocycles. The third-order valence-electron chi connectivity index (χ3n) is 4.31. The molecule has 0 saturated carbocycles. The topological polar surface area (TPSA) is 54.9 Å². The van der Waals surface area contributed by atoms with E-state index in [-0.39, 0.29) is 5.91 Å². The highest BCUT2D eigenvalue weighted by Gasteiger charge is 2.11. The van der Waals surface area contributed by atoms with Crippen LogP contribution in [0.2, 0.25) is 0 Å². The molecule has 128 valence electrons. The van der Waals surface area contributed by atoms with Gasteiger partial charge in [0.1, 0.15) is 0 Å². The van der Waals surface area contributed by atoms with Crippen molar-refractivity contribution in [2.45, 2.75) is 13.5 Å². The number of aromatic nitrogens is 2. The van der Waals surface area contributed by atoms with Crippen LogP contribution in [0, 0.1) is 6.92 Å². The lowest BCUT2D eigenvalue weighted by atomic mass is 10.1. The summed E-state index contributed by atoms with van der Waals surface area (Å²) in [4.78, 5) is 22.5. The van der Waals surface area contributed by atoms with Crippen molar-refractivity contribution in [3.63, 3.8) is 0 Å². The molecule has 4 aromatic rings. The number of carbonyl (C=O) groups is 1. The van der Waals surface area contributed by atoms with Gasteiger partial charge in [-0.15, -0.1) is 11.3 Å². The van der Waals surface area contributed by atoms with Gasteiger partial charge in [-0.1, -0.05) is 12.1 Å². The fraction of sp³-hybridized carbons (Fsp3) is 0.0952. The van der Waals surface area contributed by atoms with Crippen molar-refractivity contribution in [2.24, 2.45) is 0 Å². The Morgan fingerprint density at radius 2 is 2.00 bits per heavy atom. The van der Waals surface area contributed by atoms with Crippen LogP contribution in [-0.2, 0) is 6.54 Å². The number of thiophene rings is 1. The molecule has 1 aromatic carbocycles. The summed E-state index contributed by atoms with van der Waals surface area (Å²) in [6, 6.07) is 15.5. The Kier molecular flexibility index (Phi) is 4.46. The number of hydrogen-bond acceptors (Lipinski definition) is 4. The van der Waals surface area contributed by atoms with Gasteiger partial charge in [0.15, 0.2) is 0 Å². The predicted octanol–water partition coefficient (Wildman–Crippen LogP) is 4.60. The van der Waals surface area contributed by atoms with Gasteiger partial charge >= 0.3 is 0 Å². The smallest absolute Gasteiger partial charge is 0.251 e. The summed E-state index contributed by atoms with van der Waals surface area (Å²) in [5, 5.41) is 6.03. The van der Waals surface area contributed by atoms with E-state index < -0.39 is 0 Å². The van der Waals surface area contributed by atoms with Gasteiger partial charge < -0.3 is 5.32 Å². The summed E-state index contributed by atoms with van der Waals surface area (Å²) in [7, 11) is 0. The molecule has 0 unspecified atom stereocenters. The van der Waals surface area contributed by atoms with Crippen molar-refractivity contribution >= 4 is 28.1 Å². The van der Waals surface area contributed by atoms with Crippen molar-refractivity contribution in [3.05, 3.63) is 83.0 Å². The van der Waals surface area contributed by atoms with Crippen LogP contribution in [0.25, 0.3) is 21.5 Å². The van der Waals surface area contributed by atoms with E-state index in [9.17, 15) is 4.79 Å². The van der Waals surface area contributed by atoms with Gasteiger partial charge in [-0.2, -0.15) is 0 Å². The molecule has 5 heteroatoms. The van der Waals surface area contributed by atoms with E-state index in [0.29, 0.717) is 12.1 Å². The molecular weight excluding hydrogens is 342 g/mol. The Morgan fingerprint density at radius 1 is 1.08 bits per heavy atom. The molecule has 0 bridgehead atoms. The average molecular weight is 359 g/mol. The fourth-order valence-corrected chi connectivity index (χ4v) is 3.68. The van der Waals surface area contributed by atoms with Crippen molar-refractivity contribution in [1.82, 2.24) is 15.3 Å². The normalized spacial score (nSPS) is 10.8. The van der Waals surface area contributed by atoms with E-state index in [0.717, 1.165) is 32.6 Å². The molecule has 3 heterocycles. The molecule has 0 radical (unpaired) electrons. The zero-order chi connectivity index (χ0) is 17.9. The van der Waals surface area contributed by atoms with Crippen molar-refractivity contribution in [2.75, 3.05) is 0 Å². The molecule has 3 aromatic heterocycles. The number of hydrogen-bond donors (Lipinski definition) is 1. The second kappa shape index (κ2) is 7.06. The number of nitrogens with one attached hydrogen (secondary N) is 1. The monoisotopic (exact) mass is 359 g/mol. The van der Waals surface area contributed by atoms with Crippen LogP contribution in [0.3, 0.4) is 0 Å². The number of benzene rings is 1. The summed E-state index contributed by atoms with van der Waals surface area (Å²) in [5.74, 6) is -0.101. The summed E-state index contributed by atoms with van der Waals surface area (Å²) in [6.07, 6.45) is 3.56. The molecule has 0 fully saturated rings. The lowest BCUT2D eigenvalue weighted by molar-refractivity contribution is 0.0951. The van der Waals surface area contributed by atoms with Crippen LogP contribution >= 0.6 is 11.3 Å². The minimum Gasteiger partial charge on any atom is -0.348 e. The highest BCUT2D eigenvalue weighted by Crippen LogP contribution is 2.25. The Labute approximate surface area is 155 Å². The van der Waals surface area contributed by atoms with Gasteiger partial charge in [-0.25, -0.2) is 0 Å². The largest absolute Gasteiger partial charge is 0.348 e. The van der Waals surface area contributed by atoms with E-state index in [1.807, 2.05) is 60.8 Å². The highest BCUT2D eigenvalue weighted by atomic mass is 32.1. The van der Waals surface area contributed by atoms with Crippen LogP contribution in [0.1, 0.15) is 21.5 Å². The van der Waals surface area contributed by atoms with Crippen LogP contribution in [0.15, 0.2) is 66.3 Å². The number of fused-ring (bicyclic) bond motifs is 1. The number of pyridine rings is 2. The highest BCUT2D eigenvalue weighted by molar-refractivity contribution is 7.13. The molecule has 0 spiro atoms. The van der Waals surface area contributed by atoms with E-state index in [2.05, 4.69) is 15.3 Å². The van der Waals surface area contributed by atoms with Crippen LogP contribution in [0.4, 0.5) is 0 Å². The first-order valence-corrected chi connectivity index (χ1v) is 9.22. The van der Waals surface area contributed by atoms with Gasteiger partial charge in [0.2, 0.25) is 0 Å². The molecule has 26 heavy (non-hydrogen) atoms. The summed E-state index contributed by atoms with van der Waals surface area (Å²) in [5.41, 5.74) is 4.56. The predicted molar refractivity (Wildman–Crippen MR) is 105 cm³/mol. The molecular formula is C21H17N3OS. The maximum absolute atomic E-state index is 12.6. The van der Waals surface area contributed by atoms with Crippen molar-refractivity contribution < 1.29 is 4.79 Å². The Morgan fingerprint density at radius 3 is 2.85 bits per heavy atom. The lowest BCUT2D eigenvalue weighted by Crippen LogP contribution is -2.23. The molecule has 4 rings (SSSR count). The van der Waals surface area contributed by atoms with Gasteiger partial charge in [0, 0.05) is 29.9 Å². The van der Waals surface area contributed by atoms with Gasteiger partial charge in [0.25, 0.3) is 5.91 Å². The molecule has 1 amide bonds. The van der Waals surface area contributed by atoms with Gasteiger partial charge in [0.05, 0.1) is 16.1 Å². The van der Waals surface area contributed by atoms with E-state index in [1.54, 1.807) is 23.7 Å². The second-order valence-electron chi connectivity index (χ2n) is 6.03. The number of amides is 1. The van der Waals surface area contributed by atoms with E-state index in [4.69, 9.17) is 0 Å². The molecule has 1 N–H and O–H groups in total. The summed E-state index contributed by atoms with van der Waals surface area (Å²) in [6.45, 7) is 2.46. The van der Waals surface area contributed by atoms with Gasteiger partial charge in [-0.05, 0) is 59.8 Å². The quantitative estimate of drug-likeness (QED) is 0.579. The maximum atomic E-state index is 12.6. The Hall–Kier alpha value is -3.05. The fourth-order valence-electron chi connectivity index (χ4n) is 2.92. The molecule has 0 atom stereocenters. The first-order valence-electron chi connectivity index (χ1n) is 8.34. The van der Waals surface area contributed by atoms with E-state index in [1.165, 1.54) is 0 Å². The van der Waals surface area contributed by atoms with Gasteiger partial charge in [-0.3, -0.25) is 14.8 Å². The second-order valence-corrected chi connectivity index (χ2v) is 6.98. The third-order valence-corrected chi connectivity index (χ3v) is 5.18. The Bertz CT molecular complexity index is 1070. The van der Waals surface area contributed by atoms with Crippen LogP contribution < -0.4 is 5.32 Å². The average Bonchev–Trinajstić information content (AvgIpc) is 3.21. The maximum Gasteiger partial charge on any atom is 0.251 e. The number of nitrogens with zero attached hydrogens (tertiary/aromatic N) is 2. The molecule has 0 aliphatic heterocycles. The third kappa shape index (κ3) is 3.21.